The van der Waals surface area contributed by atoms with Gasteiger partial charge in [-0.25, -0.2) is 14.8 Å². The Morgan fingerprint density at radius 1 is 1.20 bits per heavy atom. The Hall–Kier alpha value is -3.48. The third-order valence-corrected chi connectivity index (χ3v) is 3.72. The zero-order valence-corrected chi connectivity index (χ0v) is 13.3. The van der Waals surface area contributed by atoms with E-state index in [0.29, 0.717) is 33.9 Å². The maximum absolute atomic E-state index is 12.4. The fourth-order valence-electron chi connectivity index (χ4n) is 2.62. The van der Waals surface area contributed by atoms with Gasteiger partial charge >= 0.3 is 5.97 Å². The molecule has 0 saturated heterocycles. The zero-order valence-electron chi connectivity index (χ0n) is 13.3. The first-order valence-electron chi connectivity index (χ1n) is 7.62. The number of hydrogen-bond donors (Lipinski definition) is 0. The molecule has 3 heterocycles. The van der Waals surface area contributed by atoms with Crippen molar-refractivity contribution in [3.8, 4) is 0 Å². The maximum atomic E-state index is 12.4. The first kappa shape index (κ1) is 15.1. The monoisotopic (exact) mass is 335 g/mol. The van der Waals surface area contributed by atoms with Crippen LogP contribution in [0.25, 0.3) is 16.7 Å². The minimum Gasteiger partial charge on any atom is -0.456 e. The average Bonchev–Trinajstić information content (AvgIpc) is 3.00. The van der Waals surface area contributed by atoms with Crippen LogP contribution in [-0.2, 0) is 11.3 Å². The standard InChI is InChI=1S/C18H13N3O4/c1-11-19-17-13(5-4-6-14(17)25-11)18(23)24-10-12-9-16(22)21-8-3-2-7-15(21)20-12/h2-9H,10H2,1H3. The lowest BCUT2D eigenvalue weighted by atomic mass is 10.2. The number of aromatic nitrogens is 3. The molecule has 7 nitrogen and oxygen atoms in total. The second-order valence-corrected chi connectivity index (χ2v) is 5.48. The van der Waals surface area contributed by atoms with E-state index in [1.165, 1.54) is 10.5 Å². The molecule has 0 atom stereocenters. The summed E-state index contributed by atoms with van der Waals surface area (Å²) in [7, 11) is 0. The molecule has 0 aliphatic rings. The van der Waals surface area contributed by atoms with E-state index in [9.17, 15) is 9.59 Å². The molecular formula is C18H13N3O4. The van der Waals surface area contributed by atoms with Crippen LogP contribution in [-0.4, -0.2) is 20.3 Å². The molecule has 124 valence electrons. The number of carbonyl (C=O) groups is 1. The van der Waals surface area contributed by atoms with Crippen LogP contribution in [0.2, 0.25) is 0 Å². The van der Waals surface area contributed by atoms with Gasteiger partial charge in [-0.3, -0.25) is 9.20 Å². The lowest BCUT2D eigenvalue weighted by Crippen LogP contribution is -2.16. The van der Waals surface area contributed by atoms with Crippen LogP contribution >= 0.6 is 0 Å². The van der Waals surface area contributed by atoms with Crippen LogP contribution in [0.5, 0.6) is 0 Å². The molecule has 0 aliphatic carbocycles. The third-order valence-electron chi connectivity index (χ3n) is 3.72. The second kappa shape index (κ2) is 5.86. The second-order valence-electron chi connectivity index (χ2n) is 5.48. The highest BCUT2D eigenvalue weighted by Gasteiger charge is 2.16. The molecule has 4 rings (SSSR count). The van der Waals surface area contributed by atoms with E-state index in [0.717, 1.165) is 0 Å². The summed E-state index contributed by atoms with van der Waals surface area (Å²) in [4.78, 5) is 33.0. The summed E-state index contributed by atoms with van der Waals surface area (Å²) >= 11 is 0. The summed E-state index contributed by atoms with van der Waals surface area (Å²) in [5, 5.41) is 0. The first-order chi connectivity index (χ1) is 12.1. The number of rotatable bonds is 3. The highest BCUT2D eigenvalue weighted by molar-refractivity contribution is 6.01. The van der Waals surface area contributed by atoms with Gasteiger partial charge in [0.15, 0.2) is 11.5 Å². The van der Waals surface area contributed by atoms with E-state index < -0.39 is 5.97 Å². The van der Waals surface area contributed by atoms with E-state index in [2.05, 4.69) is 9.97 Å². The molecular weight excluding hydrogens is 322 g/mol. The minimum absolute atomic E-state index is 0.104. The fourth-order valence-corrected chi connectivity index (χ4v) is 2.62. The quantitative estimate of drug-likeness (QED) is 0.535. The van der Waals surface area contributed by atoms with Crippen LogP contribution in [0.1, 0.15) is 21.9 Å². The smallest absolute Gasteiger partial charge is 0.340 e. The van der Waals surface area contributed by atoms with Gasteiger partial charge < -0.3 is 9.15 Å². The molecule has 0 amide bonds. The Labute approximate surface area is 141 Å². The van der Waals surface area contributed by atoms with Crippen molar-refractivity contribution in [2.45, 2.75) is 13.5 Å². The van der Waals surface area contributed by atoms with E-state index in [1.54, 1.807) is 49.5 Å². The Morgan fingerprint density at radius 3 is 2.96 bits per heavy atom. The molecule has 0 bridgehead atoms. The highest BCUT2D eigenvalue weighted by Crippen LogP contribution is 2.20. The topological polar surface area (TPSA) is 86.7 Å². The third kappa shape index (κ3) is 2.76. The van der Waals surface area contributed by atoms with E-state index >= 15 is 0 Å². The van der Waals surface area contributed by atoms with Gasteiger partial charge in [-0.15, -0.1) is 0 Å². The molecule has 0 spiro atoms. The maximum Gasteiger partial charge on any atom is 0.340 e. The van der Waals surface area contributed by atoms with Crippen molar-refractivity contribution in [1.82, 2.24) is 14.4 Å². The van der Waals surface area contributed by atoms with Crippen molar-refractivity contribution in [2.24, 2.45) is 0 Å². The van der Waals surface area contributed by atoms with Gasteiger partial charge in [0.05, 0.1) is 11.3 Å². The molecule has 1 aromatic carbocycles. The molecule has 0 N–H and O–H groups in total. The number of aryl methyl sites for hydroxylation is 1. The van der Waals surface area contributed by atoms with Gasteiger partial charge in [0, 0.05) is 19.2 Å². The molecule has 0 aliphatic heterocycles. The predicted molar refractivity (Wildman–Crippen MR) is 89.3 cm³/mol. The summed E-state index contributed by atoms with van der Waals surface area (Å²) in [6.07, 6.45) is 1.63. The van der Waals surface area contributed by atoms with Gasteiger partial charge in [0.1, 0.15) is 17.8 Å². The van der Waals surface area contributed by atoms with Crippen LogP contribution in [0.15, 0.2) is 57.9 Å². The Bertz CT molecular complexity index is 1160. The Kier molecular flexibility index (Phi) is 3.53. The Morgan fingerprint density at radius 2 is 2.08 bits per heavy atom. The molecule has 0 saturated carbocycles. The first-order valence-corrected chi connectivity index (χ1v) is 7.62. The summed E-state index contributed by atoms with van der Waals surface area (Å²) in [6, 6.07) is 11.6. The fraction of sp³-hybridized carbons (Fsp3) is 0.111. The van der Waals surface area contributed by atoms with Crippen LogP contribution in [0.3, 0.4) is 0 Å². The number of para-hydroxylation sites is 1. The number of oxazole rings is 1. The molecule has 7 heteroatoms. The van der Waals surface area contributed by atoms with E-state index in [-0.39, 0.29) is 12.2 Å². The Balaban J connectivity index is 1.60. The summed E-state index contributed by atoms with van der Waals surface area (Å²) in [5.41, 5.74) is 1.94. The van der Waals surface area contributed by atoms with Gasteiger partial charge in [0.2, 0.25) is 0 Å². The van der Waals surface area contributed by atoms with Crippen molar-refractivity contribution >= 4 is 22.7 Å². The molecule has 25 heavy (non-hydrogen) atoms. The summed E-state index contributed by atoms with van der Waals surface area (Å²) in [5.74, 6) is -0.0755. The van der Waals surface area contributed by atoms with E-state index in [1.807, 2.05) is 0 Å². The largest absolute Gasteiger partial charge is 0.456 e. The van der Waals surface area contributed by atoms with Crippen molar-refractivity contribution in [3.05, 3.63) is 76.2 Å². The van der Waals surface area contributed by atoms with Gasteiger partial charge in [0.25, 0.3) is 5.56 Å². The van der Waals surface area contributed by atoms with Crippen molar-refractivity contribution in [2.75, 3.05) is 0 Å². The number of carbonyl (C=O) groups excluding carboxylic acids is 1. The molecule has 4 aromatic rings. The number of hydrogen-bond acceptors (Lipinski definition) is 6. The SMILES string of the molecule is Cc1nc2c(C(=O)OCc3cc(=O)n4ccccc4n3)cccc2o1. The van der Waals surface area contributed by atoms with Gasteiger partial charge in [-0.05, 0) is 24.3 Å². The van der Waals surface area contributed by atoms with Gasteiger partial charge in [-0.1, -0.05) is 12.1 Å². The lowest BCUT2D eigenvalue weighted by Gasteiger charge is -2.06. The normalized spacial score (nSPS) is 11.1. The highest BCUT2D eigenvalue weighted by atomic mass is 16.5. The van der Waals surface area contributed by atoms with Crippen LogP contribution < -0.4 is 5.56 Å². The number of benzene rings is 1. The summed E-state index contributed by atoms with van der Waals surface area (Å²) < 4.78 is 12.1. The lowest BCUT2D eigenvalue weighted by molar-refractivity contribution is 0.0470. The molecule has 0 unspecified atom stereocenters. The molecule has 3 aromatic heterocycles. The predicted octanol–water partition coefficient (Wildman–Crippen LogP) is 2.50. The molecule has 0 radical (unpaired) electrons. The van der Waals surface area contributed by atoms with E-state index in [4.69, 9.17) is 9.15 Å². The van der Waals surface area contributed by atoms with Crippen molar-refractivity contribution in [1.29, 1.82) is 0 Å². The number of nitrogens with zero attached hydrogens (tertiary/aromatic N) is 3. The zero-order chi connectivity index (χ0) is 17.4. The van der Waals surface area contributed by atoms with Crippen LogP contribution in [0.4, 0.5) is 0 Å². The number of fused-ring (bicyclic) bond motifs is 2. The number of ether oxygens (including phenoxy) is 1. The van der Waals surface area contributed by atoms with Crippen molar-refractivity contribution in [3.63, 3.8) is 0 Å². The number of esters is 1. The average molecular weight is 335 g/mol. The van der Waals surface area contributed by atoms with Crippen molar-refractivity contribution < 1.29 is 13.9 Å². The van der Waals surface area contributed by atoms with Crippen LogP contribution in [0, 0.1) is 6.92 Å². The molecule has 0 fully saturated rings. The summed E-state index contributed by atoms with van der Waals surface area (Å²) in [6.45, 7) is 1.61. The van der Waals surface area contributed by atoms with Gasteiger partial charge in [-0.2, -0.15) is 0 Å². The number of pyridine rings is 1. The minimum atomic E-state index is -0.547.